The van der Waals surface area contributed by atoms with Gasteiger partial charge in [-0.05, 0) is 25.0 Å². The molecule has 0 aromatic heterocycles. The third-order valence-corrected chi connectivity index (χ3v) is 2.53. The van der Waals surface area contributed by atoms with Gasteiger partial charge in [0.1, 0.15) is 5.75 Å². The maximum atomic E-state index is 10.5. The molecule has 0 aliphatic carbocycles. The number of hydrogen-bond donors (Lipinski definition) is 1. The van der Waals surface area contributed by atoms with Crippen molar-refractivity contribution in [2.45, 2.75) is 32.8 Å². The van der Waals surface area contributed by atoms with Crippen LogP contribution in [-0.4, -0.2) is 17.2 Å². The molecule has 3 heteroatoms. The Morgan fingerprint density at radius 3 is 2.59 bits per heavy atom. The third kappa shape index (κ3) is 4.31. The number of para-hydroxylation sites is 1. The summed E-state index contributed by atoms with van der Waals surface area (Å²) in [6.07, 6.45) is 4.73. The lowest BCUT2D eigenvalue weighted by Gasteiger charge is -2.17. The van der Waals surface area contributed by atoms with Crippen molar-refractivity contribution in [2.75, 3.05) is 0 Å². The average Bonchev–Trinajstić information content (AvgIpc) is 2.34. The van der Waals surface area contributed by atoms with Crippen LogP contribution in [0.25, 0.3) is 6.08 Å². The van der Waals surface area contributed by atoms with Gasteiger partial charge in [-0.15, -0.1) is 0 Å². The van der Waals surface area contributed by atoms with Gasteiger partial charge in [0, 0.05) is 11.6 Å². The monoisotopic (exact) mass is 234 g/mol. The van der Waals surface area contributed by atoms with Crippen LogP contribution in [-0.2, 0) is 4.79 Å². The molecule has 0 aliphatic heterocycles. The van der Waals surface area contributed by atoms with Gasteiger partial charge in [-0.2, -0.15) is 0 Å². The SMILES string of the molecule is CCC(CC)Oc1ccccc1/C=C/C(=O)O. The number of carboxylic acids is 1. The van der Waals surface area contributed by atoms with E-state index in [2.05, 4.69) is 13.8 Å². The molecule has 1 aromatic carbocycles. The van der Waals surface area contributed by atoms with E-state index >= 15 is 0 Å². The lowest BCUT2D eigenvalue weighted by Crippen LogP contribution is -2.14. The predicted molar refractivity (Wildman–Crippen MR) is 68.1 cm³/mol. The van der Waals surface area contributed by atoms with Crippen molar-refractivity contribution in [3.63, 3.8) is 0 Å². The molecule has 3 nitrogen and oxygen atoms in total. The Balaban J connectivity index is 2.87. The molecule has 0 saturated carbocycles. The summed E-state index contributed by atoms with van der Waals surface area (Å²) >= 11 is 0. The van der Waals surface area contributed by atoms with E-state index in [1.165, 1.54) is 0 Å². The molecule has 1 aromatic rings. The van der Waals surface area contributed by atoms with Gasteiger partial charge in [0.15, 0.2) is 0 Å². The Kier molecular flexibility index (Phi) is 5.27. The molecule has 92 valence electrons. The van der Waals surface area contributed by atoms with Gasteiger partial charge in [-0.3, -0.25) is 0 Å². The van der Waals surface area contributed by atoms with Crippen molar-refractivity contribution in [1.29, 1.82) is 0 Å². The lowest BCUT2D eigenvalue weighted by molar-refractivity contribution is -0.131. The molecule has 0 spiro atoms. The fourth-order valence-electron chi connectivity index (χ4n) is 1.52. The molecule has 0 bridgehead atoms. The second-order valence-electron chi connectivity index (χ2n) is 3.77. The van der Waals surface area contributed by atoms with Crippen LogP contribution in [0.1, 0.15) is 32.3 Å². The highest BCUT2D eigenvalue weighted by Crippen LogP contribution is 2.22. The predicted octanol–water partition coefficient (Wildman–Crippen LogP) is 3.35. The van der Waals surface area contributed by atoms with Crippen molar-refractivity contribution < 1.29 is 14.6 Å². The highest BCUT2D eigenvalue weighted by molar-refractivity contribution is 5.85. The van der Waals surface area contributed by atoms with Gasteiger partial charge in [-0.25, -0.2) is 4.79 Å². The van der Waals surface area contributed by atoms with Crippen LogP contribution in [0, 0.1) is 0 Å². The first kappa shape index (κ1) is 13.3. The third-order valence-electron chi connectivity index (χ3n) is 2.53. The minimum atomic E-state index is -0.956. The molecule has 0 saturated heterocycles. The molecule has 1 N–H and O–H groups in total. The van der Waals surface area contributed by atoms with Crippen LogP contribution in [0.15, 0.2) is 30.3 Å². The maximum Gasteiger partial charge on any atom is 0.328 e. The van der Waals surface area contributed by atoms with Gasteiger partial charge in [-0.1, -0.05) is 32.0 Å². The first-order valence-corrected chi connectivity index (χ1v) is 5.84. The summed E-state index contributed by atoms with van der Waals surface area (Å²) in [7, 11) is 0. The van der Waals surface area contributed by atoms with Crippen molar-refractivity contribution in [3.05, 3.63) is 35.9 Å². The molecule has 0 aliphatic rings. The van der Waals surface area contributed by atoms with Gasteiger partial charge in [0.05, 0.1) is 6.10 Å². The van der Waals surface area contributed by atoms with Crippen LogP contribution in [0.2, 0.25) is 0 Å². The van der Waals surface area contributed by atoms with Gasteiger partial charge in [0.2, 0.25) is 0 Å². The number of ether oxygens (including phenoxy) is 1. The molecular formula is C14H18O3. The molecule has 17 heavy (non-hydrogen) atoms. The van der Waals surface area contributed by atoms with E-state index in [0.29, 0.717) is 0 Å². The van der Waals surface area contributed by atoms with E-state index in [0.717, 1.165) is 30.2 Å². The Bertz CT molecular complexity index is 392. The van der Waals surface area contributed by atoms with Crippen LogP contribution in [0.5, 0.6) is 5.75 Å². The van der Waals surface area contributed by atoms with Crippen LogP contribution >= 0.6 is 0 Å². The first-order chi connectivity index (χ1) is 8.17. The zero-order valence-electron chi connectivity index (χ0n) is 10.2. The molecule has 0 atom stereocenters. The Labute approximate surface area is 102 Å². The van der Waals surface area contributed by atoms with E-state index in [1.807, 2.05) is 24.3 Å². The highest BCUT2D eigenvalue weighted by atomic mass is 16.5. The largest absolute Gasteiger partial charge is 0.490 e. The van der Waals surface area contributed by atoms with E-state index < -0.39 is 5.97 Å². The Morgan fingerprint density at radius 2 is 2.00 bits per heavy atom. The van der Waals surface area contributed by atoms with Crippen molar-refractivity contribution >= 4 is 12.0 Å². The zero-order valence-corrected chi connectivity index (χ0v) is 10.2. The molecule has 0 unspecified atom stereocenters. The summed E-state index contributed by atoms with van der Waals surface area (Å²) in [5, 5.41) is 8.61. The highest BCUT2D eigenvalue weighted by Gasteiger charge is 2.07. The van der Waals surface area contributed by atoms with E-state index in [-0.39, 0.29) is 6.10 Å². The fraction of sp³-hybridized carbons (Fsp3) is 0.357. The van der Waals surface area contributed by atoms with Crippen molar-refractivity contribution in [3.8, 4) is 5.75 Å². The molecule has 0 amide bonds. The molecule has 0 fully saturated rings. The fourth-order valence-corrected chi connectivity index (χ4v) is 1.52. The number of carbonyl (C=O) groups is 1. The summed E-state index contributed by atoms with van der Waals surface area (Å²) in [4.78, 5) is 10.5. The van der Waals surface area contributed by atoms with Crippen molar-refractivity contribution in [1.82, 2.24) is 0 Å². The minimum Gasteiger partial charge on any atom is -0.490 e. The first-order valence-electron chi connectivity index (χ1n) is 5.84. The summed E-state index contributed by atoms with van der Waals surface area (Å²) in [6, 6.07) is 7.45. The Hall–Kier alpha value is -1.77. The van der Waals surface area contributed by atoms with Crippen LogP contribution in [0.4, 0.5) is 0 Å². The maximum absolute atomic E-state index is 10.5. The summed E-state index contributed by atoms with van der Waals surface area (Å²) in [6.45, 7) is 4.15. The molecule has 0 radical (unpaired) electrons. The average molecular weight is 234 g/mol. The second-order valence-corrected chi connectivity index (χ2v) is 3.77. The Morgan fingerprint density at radius 1 is 1.35 bits per heavy atom. The second kappa shape index (κ2) is 6.74. The summed E-state index contributed by atoms with van der Waals surface area (Å²) in [5.41, 5.74) is 0.793. The molecule has 1 rings (SSSR count). The standard InChI is InChI=1S/C14H18O3/c1-3-12(4-2)17-13-8-6-5-7-11(13)9-10-14(15)16/h5-10,12H,3-4H2,1-2H3,(H,15,16)/b10-9+. The summed E-state index contributed by atoms with van der Waals surface area (Å²) < 4.78 is 5.83. The zero-order chi connectivity index (χ0) is 12.7. The van der Waals surface area contributed by atoms with E-state index in [1.54, 1.807) is 6.08 Å². The van der Waals surface area contributed by atoms with Crippen LogP contribution < -0.4 is 4.74 Å². The normalized spacial score (nSPS) is 11.0. The smallest absolute Gasteiger partial charge is 0.328 e. The lowest BCUT2D eigenvalue weighted by atomic mass is 10.1. The quantitative estimate of drug-likeness (QED) is 0.768. The number of benzene rings is 1. The van der Waals surface area contributed by atoms with Gasteiger partial charge in [0.25, 0.3) is 0 Å². The topological polar surface area (TPSA) is 46.5 Å². The number of hydrogen-bond acceptors (Lipinski definition) is 2. The van der Waals surface area contributed by atoms with Gasteiger partial charge < -0.3 is 9.84 Å². The number of rotatable bonds is 6. The summed E-state index contributed by atoms with van der Waals surface area (Å²) in [5.74, 6) is -0.221. The van der Waals surface area contributed by atoms with Crippen molar-refractivity contribution in [2.24, 2.45) is 0 Å². The number of carboxylic acid groups (broad SMARTS) is 1. The van der Waals surface area contributed by atoms with Gasteiger partial charge >= 0.3 is 5.97 Å². The number of aliphatic carboxylic acids is 1. The molecular weight excluding hydrogens is 216 g/mol. The van der Waals surface area contributed by atoms with E-state index in [9.17, 15) is 4.79 Å². The van der Waals surface area contributed by atoms with E-state index in [4.69, 9.17) is 9.84 Å². The van der Waals surface area contributed by atoms with Crippen LogP contribution in [0.3, 0.4) is 0 Å². The minimum absolute atomic E-state index is 0.175. The molecule has 0 heterocycles.